The summed E-state index contributed by atoms with van der Waals surface area (Å²) in [6.45, 7) is 9.42. The fourth-order valence-electron chi connectivity index (χ4n) is 3.28. The van der Waals surface area contributed by atoms with E-state index < -0.39 is 45.0 Å². The lowest BCUT2D eigenvalue weighted by molar-refractivity contribution is 0.0256. The minimum atomic E-state index is -4.22. The van der Waals surface area contributed by atoms with Crippen molar-refractivity contribution in [2.75, 3.05) is 36.2 Å². The number of halogens is 4. The van der Waals surface area contributed by atoms with Crippen LogP contribution >= 0.6 is 22.6 Å². The first-order valence-corrected chi connectivity index (χ1v) is 14.2. The van der Waals surface area contributed by atoms with Crippen LogP contribution in [-0.2, 0) is 14.9 Å². The quantitative estimate of drug-likeness (QED) is 0.287. The molecule has 0 spiro atoms. The molecule has 0 radical (unpaired) electrons. The third-order valence-corrected chi connectivity index (χ3v) is 7.36. The van der Waals surface area contributed by atoms with Gasteiger partial charge >= 0.3 is 16.3 Å². The largest absolute Gasteiger partial charge is 0.444 e. The smallest absolute Gasteiger partial charge is 0.410 e. The number of nitrogens with one attached hydrogen (secondary N) is 2. The monoisotopic (exact) mass is 656 g/mol. The zero-order chi connectivity index (χ0) is 28.0. The maximum atomic E-state index is 14.7. The van der Waals surface area contributed by atoms with Crippen molar-refractivity contribution in [1.82, 2.24) is 9.21 Å². The number of hydrogen-bond acceptors (Lipinski definition) is 5. The van der Waals surface area contributed by atoms with Gasteiger partial charge in [-0.05, 0) is 87.0 Å². The Morgan fingerprint density at radius 3 is 2.22 bits per heavy atom. The fraction of sp³-hybridized carbons (Fsp3) is 0.458. The van der Waals surface area contributed by atoms with Gasteiger partial charge in [-0.25, -0.2) is 18.0 Å². The Morgan fingerprint density at radius 2 is 1.65 bits per heavy atom. The zero-order valence-corrected chi connectivity index (χ0v) is 24.3. The average Bonchev–Trinajstić information content (AvgIpc) is 2.78. The number of amides is 1. The molecule has 0 aliphatic carbocycles. The minimum absolute atomic E-state index is 0.0450. The van der Waals surface area contributed by atoms with Gasteiger partial charge in [0.05, 0.1) is 11.4 Å². The second kappa shape index (κ2) is 13.0. The molecule has 2 rings (SSSR count). The molecule has 0 bridgehead atoms. The number of hydrogen-bond donors (Lipinski definition) is 2. The fourth-order valence-corrected chi connectivity index (χ4v) is 5.02. The average molecular weight is 657 g/mol. The molecule has 2 N–H and O–H groups in total. The van der Waals surface area contributed by atoms with Crippen molar-refractivity contribution in [3.05, 3.63) is 51.4 Å². The standard InChI is InChI=1S/C24H32F3IN4O4S/c1-6-31(23(33)36-24(3,4)5)13-8-14-32(7-2)37(34,35)30-20-12-10-17(25)21(27)22(20)29-19-11-9-16(28)15-18(19)26/h9-12,15,29-30H,6-8,13-14H2,1-5H3. The SMILES string of the molecule is CCN(CCCN(CC)S(=O)(=O)Nc1ccc(F)c(F)c1Nc1ccc(I)cc1F)C(=O)OC(C)(C)C. The van der Waals surface area contributed by atoms with Gasteiger partial charge in [0.1, 0.15) is 17.1 Å². The molecule has 0 unspecified atom stereocenters. The number of ether oxygens (including phenoxy) is 1. The van der Waals surface area contributed by atoms with E-state index in [0.717, 1.165) is 16.4 Å². The second-order valence-electron chi connectivity index (χ2n) is 9.05. The normalized spacial score (nSPS) is 11.9. The van der Waals surface area contributed by atoms with E-state index in [9.17, 15) is 26.4 Å². The first-order chi connectivity index (χ1) is 17.2. The summed E-state index contributed by atoms with van der Waals surface area (Å²) in [5.41, 5.74) is -1.66. The Balaban J connectivity index is 2.19. The summed E-state index contributed by atoms with van der Waals surface area (Å²) in [7, 11) is -4.22. The first kappa shape index (κ1) is 31.0. The summed E-state index contributed by atoms with van der Waals surface area (Å²) in [6.07, 6.45) is -0.196. The third-order valence-electron chi connectivity index (χ3n) is 5.09. The number of nitrogens with zero attached hydrogens (tertiary/aromatic N) is 2. The van der Waals surface area contributed by atoms with Crippen LogP contribution in [0.5, 0.6) is 0 Å². The van der Waals surface area contributed by atoms with Gasteiger partial charge in [0.25, 0.3) is 0 Å². The molecule has 37 heavy (non-hydrogen) atoms. The van der Waals surface area contributed by atoms with Gasteiger partial charge in [-0.3, -0.25) is 4.72 Å². The highest BCUT2D eigenvalue weighted by Crippen LogP contribution is 2.32. The van der Waals surface area contributed by atoms with E-state index in [0.29, 0.717) is 16.5 Å². The second-order valence-corrected chi connectivity index (χ2v) is 12.0. The predicted molar refractivity (Wildman–Crippen MR) is 147 cm³/mol. The molecular weight excluding hydrogens is 624 g/mol. The highest BCUT2D eigenvalue weighted by Gasteiger charge is 2.25. The highest BCUT2D eigenvalue weighted by molar-refractivity contribution is 14.1. The van der Waals surface area contributed by atoms with Crippen molar-refractivity contribution in [2.24, 2.45) is 0 Å². The predicted octanol–water partition coefficient (Wildman–Crippen LogP) is 6.08. The van der Waals surface area contributed by atoms with Crippen LogP contribution in [0.15, 0.2) is 30.3 Å². The van der Waals surface area contributed by atoms with Crippen LogP contribution in [0.1, 0.15) is 41.0 Å². The van der Waals surface area contributed by atoms with Gasteiger partial charge in [0, 0.05) is 29.7 Å². The minimum Gasteiger partial charge on any atom is -0.444 e. The van der Waals surface area contributed by atoms with E-state index in [4.69, 9.17) is 4.74 Å². The summed E-state index contributed by atoms with van der Waals surface area (Å²) in [5.74, 6) is -3.31. The van der Waals surface area contributed by atoms with E-state index in [1.165, 1.54) is 17.0 Å². The summed E-state index contributed by atoms with van der Waals surface area (Å²) in [4.78, 5) is 13.8. The van der Waals surface area contributed by atoms with Crippen molar-refractivity contribution < 1.29 is 31.1 Å². The molecule has 8 nitrogen and oxygen atoms in total. The first-order valence-electron chi connectivity index (χ1n) is 11.6. The molecule has 2 aromatic rings. The summed E-state index contributed by atoms with van der Waals surface area (Å²) in [6, 6.07) is 5.92. The molecule has 0 atom stereocenters. The van der Waals surface area contributed by atoms with Crippen LogP contribution < -0.4 is 10.0 Å². The Bertz CT molecular complexity index is 1210. The van der Waals surface area contributed by atoms with E-state index in [1.54, 1.807) is 40.7 Å². The molecular formula is C24H32F3IN4O4S. The lowest BCUT2D eigenvalue weighted by atomic mass is 10.2. The van der Waals surface area contributed by atoms with E-state index in [2.05, 4.69) is 10.0 Å². The molecule has 13 heteroatoms. The van der Waals surface area contributed by atoms with Gasteiger partial charge in [0.15, 0.2) is 11.6 Å². The van der Waals surface area contributed by atoms with E-state index in [-0.39, 0.29) is 31.0 Å². The Hall–Kier alpha value is -2.26. The Morgan fingerprint density at radius 1 is 1.00 bits per heavy atom. The maximum Gasteiger partial charge on any atom is 0.410 e. The van der Waals surface area contributed by atoms with Crippen molar-refractivity contribution in [3.63, 3.8) is 0 Å². The third kappa shape index (κ3) is 8.92. The van der Waals surface area contributed by atoms with Crippen molar-refractivity contribution >= 4 is 56.0 Å². The maximum absolute atomic E-state index is 14.7. The van der Waals surface area contributed by atoms with Crippen LogP contribution in [0.2, 0.25) is 0 Å². The molecule has 0 saturated heterocycles. The Labute approximate surface area is 229 Å². The molecule has 2 aromatic carbocycles. The number of benzene rings is 2. The summed E-state index contributed by atoms with van der Waals surface area (Å²) < 4.78 is 78.5. The molecule has 0 fully saturated rings. The van der Waals surface area contributed by atoms with E-state index in [1.807, 2.05) is 22.6 Å². The summed E-state index contributed by atoms with van der Waals surface area (Å²) in [5, 5.41) is 2.46. The lowest BCUT2D eigenvalue weighted by Gasteiger charge is -2.27. The van der Waals surface area contributed by atoms with Gasteiger partial charge < -0.3 is 15.0 Å². The van der Waals surface area contributed by atoms with Gasteiger partial charge in [0.2, 0.25) is 0 Å². The van der Waals surface area contributed by atoms with Crippen LogP contribution in [0.25, 0.3) is 0 Å². The van der Waals surface area contributed by atoms with E-state index >= 15 is 0 Å². The van der Waals surface area contributed by atoms with Gasteiger partial charge in [-0.15, -0.1) is 0 Å². The van der Waals surface area contributed by atoms with Crippen molar-refractivity contribution in [1.29, 1.82) is 0 Å². The molecule has 1 amide bonds. The number of anilines is 3. The van der Waals surface area contributed by atoms with Crippen molar-refractivity contribution in [3.8, 4) is 0 Å². The lowest BCUT2D eigenvalue weighted by Crippen LogP contribution is -2.40. The topological polar surface area (TPSA) is 91.0 Å². The molecule has 0 heterocycles. The molecule has 0 aliphatic rings. The number of rotatable bonds is 11. The number of carbonyl (C=O) groups excluding carboxylic acids is 1. The Kier molecular flexibility index (Phi) is 10.9. The zero-order valence-electron chi connectivity index (χ0n) is 21.4. The molecule has 206 valence electrons. The molecule has 0 aromatic heterocycles. The molecule has 0 aliphatic heterocycles. The number of carbonyl (C=O) groups is 1. The van der Waals surface area contributed by atoms with Crippen LogP contribution in [0, 0.1) is 21.0 Å². The van der Waals surface area contributed by atoms with Gasteiger partial charge in [-0.1, -0.05) is 6.92 Å². The van der Waals surface area contributed by atoms with Crippen LogP contribution in [-0.4, -0.2) is 55.5 Å². The molecule has 0 saturated carbocycles. The summed E-state index contributed by atoms with van der Waals surface area (Å²) >= 11 is 1.90. The van der Waals surface area contributed by atoms with Crippen LogP contribution in [0.3, 0.4) is 0 Å². The van der Waals surface area contributed by atoms with Crippen molar-refractivity contribution in [2.45, 2.75) is 46.6 Å². The van der Waals surface area contributed by atoms with Gasteiger partial charge in [-0.2, -0.15) is 12.7 Å². The highest BCUT2D eigenvalue weighted by atomic mass is 127. The van der Waals surface area contributed by atoms with Crippen LogP contribution in [0.4, 0.5) is 35.0 Å².